The molecule has 5 heteroatoms. The lowest BCUT2D eigenvalue weighted by Gasteiger charge is -2.06. The molecule has 1 atom stereocenters. The van der Waals surface area contributed by atoms with Crippen LogP contribution in [0.4, 0.5) is 5.69 Å². The van der Waals surface area contributed by atoms with Gasteiger partial charge in [0.1, 0.15) is 0 Å². The molecule has 0 radical (unpaired) electrons. The molecular formula is C11H9NO4. The molecule has 0 fully saturated rings. The molecule has 16 heavy (non-hydrogen) atoms. The number of rotatable bonds is 3. The van der Waals surface area contributed by atoms with E-state index in [0.29, 0.717) is 0 Å². The third-order valence-corrected chi connectivity index (χ3v) is 1.83. The molecule has 0 N–H and O–H groups in total. The van der Waals surface area contributed by atoms with E-state index in [1.807, 2.05) is 0 Å². The van der Waals surface area contributed by atoms with Gasteiger partial charge in [-0.2, -0.15) is 0 Å². The van der Waals surface area contributed by atoms with Crippen molar-refractivity contribution in [2.75, 3.05) is 0 Å². The van der Waals surface area contributed by atoms with Gasteiger partial charge in [-0.1, -0.05) is 5.92 Å². The van der Waals surface area contributed by atoms with Crippen molar-refractivity contribution in [2.24, 2.45) is 0 Å². The Morgan fingerprint density at radius 1 is 1.50 bits per heavy atom. The largest absolute Gasteiger partial charge is 0.446 e. The average Bonchev–Trinajstić information content (AvgIpc) is 2.28. The van der Waals surface area contributed by atoms with Gasteiger partial charge in [-0.25, -0.2) is 4.79 Å². The summed E-state index contributed by atoms with van der Waals surface area (Å²) in [6.45, 7) is 1.56. The fourth-order valence-corrected chi connectivity index (χ4v) is 0.982. The quantitative estimate of drug-likeness (QED) is 0.336. The highest BCUT2D eigenvalue weighted by Crippen LogP contribution is 2.13. The molecule has 0 spiro atoms. The Morgan fingerprint density at radius 2 is 2.06 bits per heavy atom. The van der Waals surface area contributed by atoms with Gasteiger partial charge in [-0.3, -0.25) is 10.1 Å². The third-order valence-electron chi connectivity index (χ3n) is 1.83. The molecule has 5 nitrogen and oxygen atoms in total. The van der Waals surface area contributed by atoms with Crippen LogP contribution >= 0.6 is 0 Å². The maximum Gasteiger partial charge on any atom is 0.339 e. The van der Waals surface area contributed by atoms with Crippen molar-refractivity contribution >= 4 is 11.7 Å². The summed E-state index contributed by atoms with van der Waals surface area (Å²) in [5.74, 6) is 1.65. The zero-order valence-corrected chi connectivity index (χ0v) is 8.54. The number of nitro benzene ring substituents is 1. The number of hydrogen-bond donors (Lipinski definition) is 0. The van der Waals surface area contributed by atoms with E-state index in [1.54, 1.807) is 6.92 Å². The summed E-state index contributed by atoms with van der Waals surface area (Å²) in [5, 5.41) is 10.4. The van der Waals surface area contributed by atoms with Crippen LogP contribution in [0.5, 0.6) is 0 Å². The zero-order valence-electron chi connectivity index (χ0n) is 8.54. The standard InChI is InChI=1S/C11H9NO4/c1-3-8(2)16-11(13)9-4-6-10(7-5-9)12(14)15/h1,4-8H,2H3. The molecule has 0 saturated heterocycles. The predicted octanol–water partition coefficient (Wildman–Crippen LogP) is 1.77. The van der Waals surface area contributed by atoms with Crippen LogP contribution < -0.4 is 0 Å². The topological polar surface area (TPSA) is 69.4 Å². The second-order valence-electron chi connectivity index (χ2n) is 3.02. The minimum absolute atomic E-state index is 0.0819. The molecule has 0 heterocycles. The Balaban J connectivity index is 2.79. The number of carbonyl (C=O) groups is 1. The van der Waals surface area contributed by atoms with Crippen LogP contribution in [-0.2, 0) is 4.74 Å². The Hall–Kier alpha value is -2.35. The Kier molecular flexibility index (Phi) is 3.62. The summed E-state index contributed by atoms with van der Waals surface area (Å²) in [6.07, 6.45) is 4.42. The van der Waals surface area contributed by atoms with E-state index >= 15 is 0 Å². The normalized spacial score (nSPS) is 11.2. The number of esters is 1. The molecule has 0 aliphatic heterocycles. The first-order chi connectivity index (χ1) is 7.54. The molecule has 0 aliphatic carbocycles. The summed E-state index contributed by atoms with van der Waals surface area (Å²) in [6, 6.07) is 5.11. The van der Waals surface area contributed by atoms with Crippen molar-refractivity contribution in [3.05, 3.63) is 39.9 Å². The SMILES string of the molecule is C#CC(C)OC(=O)c1ccc([N+](=O)[O-])cc1. The Labute approximate surface area is 92.2 Å². The highest BCUT2D eigenvalue weighted by molar-refractivity contribution is 5.89. The third kappa shape index (κ3) is 2.82. The van der Waals surface area contributed by atoms with Gasteiger partial charge >= 0.3 is 5.97 Å². The minimum Gasteiger partial charge on any atom is -0.446 e. The van der Waals surface area contributed by atoms with E-state index in [1.165, 1.54) is 24.3 Å². The van der Waals surface area contributed by atoms with E-state index in [4.69, 9.17) is 11.2 Å². The lowest BCUT2D eigenvalue weighted by molar-refractivity contribution is -0.384. The summed E-state index contributed by atoms with van der Waals surface area (Å²) in [4.78, 5) is 21.2. The van der Waals surface area contributed by atoms with Crippen molar-refractivity contribution in [1.82, 2.24) is 0 Å². The first-order valence-corrected chi connectivity index (χ1v) is 4.46. The number of hydrogen-bond acceptors (Lipinski definition) is 4. The molecule has 1 rings (SSSR count). The van der Waals surface area contributed by atoms with Gasteiger partial charge in [0.25, 0.3) is 5.69 Å². The summed E-state index contributed by atoms with van der Waals surface area (Å²) in [7, 11) is 0. The molecule has 1 aromatic rings. The second kappa shape index (κ2) is 4.94. The monoisotopic (exact) mass is 219 g/mol. The van der Waals surface area contributed by atoms with Gasteiger partial charge in [0, 0.05) is 12.1 Å². The number of carbonyl (C=O) groups excluding carboxylic acids is 1. The molecule has 0 amide bonds. The van der Waals surface area contributed by atoms with Crippen LogP contribution in [0, 0.1) is 22.5 Å². The molecule has 0 aliphatic rings. The van der Waals surface area contributed by atoms with Crippen LogP contribution in [-0.4, -0.2) is 17.0 Å². The van der Waals surface area contributed by atoms with Crippen molar-refractivity contribution < 1.29 is 14.5 Å². The number of nitro groups is 1. The average molecular weight is 219 g/mol. The molecule has 0 bridgehead atoms. The molecule has 0 saturated carbocycles. The van der Waals surface area contributed by atoms with Gasteiger partial charge in [0.2, 0.25) is 0 Å². The summed E-state index contributed by atoms with van der Waals surface area (Å²) < 4.78 is 4.84. The van der Waals surface area contributed by atoms with Gasteiger partial charge < -0.3 is 4.74 Å². The highest BCUT2D eigenvalue weighted by Gasteiger charge is 2.12. The van der Waals surface area contributed by atoms with Gasteiger partial charge in [-0.05, 0) is 19.1 Å². The molecule has 82 valence electrons. The van der Waals surface area contributed by atoms with Gasteiger partial charge in [-0.15, -0.1) is 6.42 Å². The van der Waals surface area contributed by atoms with E-state index in [0.717, 1.165) is 0 Å². The second-order valence-corrected chi connectivity index (χ2v) is 3.02. The first kappa shape index (κ1) is 11.7. The van der Waals surface area contributed by atoms with Crippen LogP contribution in [0.15, 0.2) is 24.3 Å². The fourth-order valence-electron chi connectivity index (χ4n) is 0.982. The zero-order chi connectivity index (χ0) is 12.1. The van der Waals surface area contributed by atoms with Crippen molar-refractivity contribution in [1.29, 1.82) is 0 Å². The number of ether oxygens (including phenoxy) is 1. The molecule has 1 unspecified atom stereocenters. The van der Waals surface area contributed by atoms with Gasteiger partial charge in [0.15, 0.2) is 6.10 Å². The van der Waals surface area contributed by atoms with Crippen molar-refractivity contribution in [2.45, 2.75) is 13.0 Å². The van der Waals surface area contributed by atoms with E-state index in [-0.39, 0.29) is 11.3 Å². The van der Waals surface area contributed by atoms with E-state index in [9.17, 15) is 14.9 Å². The van der Waals surface area contributed by atoms with Crippen molar-refractivity contribution in [3.63, 3.8) is 0 Å². The van der Waals surface area contributed by atoms with Crippen LogP contribution in [0.3, 0.4) is 0 Å². The lowest BCUT2D eigenvalue weighted by Crippen LogP contribution is -2.12. The van der Waals surface area contributed by atoms with E-state index < -0.39 is 17.0 Å². The van der Waals surface area contributed by atoms with E-state index in [2.05, 4.69) is 5.92 Å². The Bertz CT molecular complexity index is 444. The fraction of sp³-hybridized carbons (Fsp3) is 0.182. The van der Waals surface area contributed by atoms with Crippen LogP contribution in [0.1, 0.15) is 17.3 Å². The lowest BCUT2D eigenvalue weighted by atomic mass is 10.2. The molecule has 0 aromatic heterocycles. The number of nitrogens with zero attached hydrogens (tertiary/aromatic N) is 1. The number of benzene rings is 1. The predicted molar refractivity (Wildman–Crippen MR) is 56.8 cm³/mol. The molecule has 1 aromatic carbocycles. The maximum atomic E-state index is 11.4. The molecular weight excluding hydrogens is 210 g/mol. The van der Waals surface area contributed by atoms with Crippen LogP contribution in [0.2, 0.25) is 0 Å². The first-order valence-electron chi connectivity index (χ1n) is 4.46. The highest BCUT2D eigenvalue weighted by atomic mass is 16.6. The minimum atomic E-state index is -0.623. The Morgan fingerprint density at radius 3 is 2.50 bits per heavy atom. The van der Waals surface area contributed by atoms with Gasteiger partial charge in [0.05, 0.1) is 10.5 Å². The van der Waals surface area contributed by atoms with Crippen LogP contribution in [0.25, 0.3) is 0 Å². The maximum absolute atomic E-state index is 11.4. The number of terminal acetylenes is 1. The summed E-state index contributed by atoms with van der Waals surface area (Å²) >= 11 is 0. The summed E-state index contributed by atoms with van der Waals surface area (Å²) in [5.41, 5.74) is 0.147. The smallest absolute Gasteiger partial charge is 0.339 e. The number of non-ortho nitro benzene ring substituents is 1. The van der Waals surface area contributed by atoms with Crippen molar-refractivity contribution in [3.8, 4) is 12.3 Å².